The Morgan fingerprint density at radius 3 is 3.06 bits per heavy atom. The van der Waals surface area contributed by atoms with E-state index in [9.17, 15) is 0 Å². The first kappa shape index (κ1) is 11.4. The van der Waals surface area contributed by atoms with Gasteiger partial charge in [0.15, 0.2) is 0 Å². The van der Waals surface area contributed by atoms with Crippen molar-refractivity contribution in [2.45, 2.75) is 51.0 Å². The molecule has 1 unspecified atom stereocenters. The van der Waals surface area contributed by atoms with E-state index in [-0.39, 0.29) is 0 Å². The van der Waals surface area contributed by atoms with Crippen molar-refractivity contribution >= 4 is 11.7 Å². The van der Waals surface area contributed by atoms with Crippen LogP contribution in [0.15, 0.2) is 4.99 Å². The summed E-state index contributed by atoms with van der Waals surface area (Å²) < 4.78 is 0. The normalized spacial score (nSPS) is 25.9. The van der Waals surface area contributed by atoms with Crippen molar-refractivity contribution in [1.29, 1.82) is 5.41 Å². The van der Waals surface area contributed by atoms with Crippen LogP contribution in [0, 0.1) is 5.41 Å². The van der Waals surface area contributed by atoms with Crippen LogP contribution in [0.2, 0.25) is 0 Å². The SMILES string of the molecule is N=C1CCCCC(CCNC2=NCCC2)N1. The second kappa shape index (κ2) is 5.87. The van der Waals surface area contributed by atoms with Crippen molar-refractivity contribution in [3.8, 4) is 0 Å². The predicted octanol–water partition coefficient (Wildman–Crippen LogP) is 1.67. The molecule has 0 aliphatic carbocycles. The quantitative estimate of drug-likeness (QED) is 0.680. The number of amidine groups is 2. The fourth-order valence-electron chi connectivity index (χ4n) is 2.37. The molecule has 0 bridgehead atoms. The first-order valence-corrected chi connectivity index (χ1v) is 6.46. The van der Waals surface area contributed by atoms with E-state index in [2.05, 4.69) is 15.6 Å². The molecule has 3 N–H and O–H groups in total. The molecular formula is C12H22N4. The number of aliphatic imine (C=N–C) groups is 1. The van der Waals surface area contributed by atoms with Crippen LogP contribution in [-0.2, 0) is 0 Å². The van der Waals surface area contributed by atoms with Crippen LogP contribution < -0.4 is 10.6 Å². The number of rotatable bonds is 3. The maximum atomic E-state index is 7.71. The average molecular weight is 222 g/mol. The molecule has 0 amide bonds. The Morgan fingerprint density at radius 2 is 2.25 bits per heavy atom. The lowest BCUT2D eigenvalue weighted by atomic mass is 10.1. The van der Waals surface area contributed by atoms with E-state index in [1.165, 1.54) is 31.5 Å². The Labute approximate surface area is 97.4 Å². The zero-order chi connectivity index (χ0) is 11.2. The Bertz CT molecular complexity index is 272. The first-order chi connectivity index (χ1) is 7.84. The second-order valence-electron chi connectivity index (χ2n) is 4.71. The minimum absolute atomic E-state index is 0.490. The molecule has 90 valence electrons. The van der Waals surface area contributed by atoms with E-state index >= 15 is 0 Å². The van der Waals surface area contributed by atoms with Crippen molar-refractivity contribution < 1.29 is 0 Å². The molecule has 2 rings (SSSR count). The molecule has 0 aromatic rings. The van der Waals surface area contributed by atoms with E-state index < -0.39 is 0 Å². The molecule has 1 fully saturated rings. The summed E-state index contributed by atoms with van der Waals surface area (Å²) in [5, 5.41) is 14.4. The Hall–Kier alpha value is -1.06. The predicted molar refractivity (Wildman–Crippen MR) is 67.3 cm³/mol. The fraction of sp³-hybridized carbons (Fsp3) is 0.833. The van der Waals surface area contributed by atoms with E-state index in [4.69, 9.17) is 5.41 Å². The summed E-state index contributed by atoms with van der Waals surface area (Å²) in [6.45, 7) is 1.98. The summed E-state index contributed by atoms with van der Waals surface area (Å²) in [6.07, 6.45) is 7.97. The van der Waals surface area contributed by atoms with Crippen molar-refractivity contribution in [3.63, 3.8) is 0 Å². The standard InChI is InChI=1S/C12H22N4/c13-11-5-2-1-4-10(16-11)7-9-15-12-6-3-8-14-12/h10H,1-9H2,(H2,13,16)(H,14,15). The number of hydrogen-bond donors (Lipinski definition) is 3. The number of nitrogens with zero attached hydrogens (tertiary/aromatic N) is 1. The molecule has 0 aromatic carbocycles. The molecule has 4 nitrogen and oxygen atoms in total. The lowest BCUT2D eigenvalue weighted by Crippen LogP contribution is -2.35. The fourth-order valence-corrected chi connectivity index (χ4v) is 2.37. The van der Waals surface area contributed by atoms with Gasteiger partial charge in [0, 0.05) is 32.0 Å². The van der Waals surface area contributed by atoms with E-state index in [0.29, 0.717) is 6.04 Å². The molecule has 0 aromatic heterocycles. The molecule has 1 atom stereocenters. The van der Waals surface area contributed by atoms with Gasteiger partial charge in [-0.15, -0.1) is 0 Å². The third-order valence-corrected chi connectivity index (χ3v) is 3.30. The highest BCUT2D eigenvalue weighted by Gasteiger charge is 2.14. The molecule has 16 heavy (non-hydrogen) atoms. The van der Waals surface area contributed by atoms with Crippen LogP contribution in [0.4, 0.5) is 0 Å². The summed E-state index contributed by atoms with van der Waals surface area (Å²) in [7, 11) is 0. The van der Waals surface area contributed by atoms with Gasteiger partial charge in [-0.1, -0.05) is 6.42 Å². The van der Waals surface area contributed by atoms with Crippen LogP contribution in [-0.4, -0.2) is 30.8 Å². The summed E-state index contributed by atoms with van der Waals surface area (Å²) in [5.41, 5.74) is 0. The highest BCUT2D eigenvalue weighted by molar-refractivity contribution is 5.83. The molecule has 2 heterocycles. The van der Waals surface area contributed by atoms with Crippen molar-refractivity contribution in [2.24, 2.45) is 4.99 Å². The number of hydrogen-bond acceptors (Lipinski definition) is 3. The molecule has 0 saturated carbocycles. The van der Waals surface area contributed by atoms with Gasteiger partial charge in [-0.2, -0.15) is 0 Å². The maximum absolute atomic E-state index is 7.71. The summed E-state index contributed by atoms with van der Waals surface area (Å²) in [4.78, 5) is 4.39. The van der Waals surface area contributed by atoms with Crippen LogP contribution in [0.3, 0.4) is 0 Å². The number of nitrogens with one attached hydrogen (secondary N) is 3. The maximum Gasteiger partial charge on any atom is 0.0963 e. The molecular weight excluding hydrogens is 200 g/mol. The monoisotopic (exact) mass is 222 g/mol. The van der Waals surface area contributed by atoms with Gasteiger partial charge < -0.3 is 10.6 Å². The molecule has 0 spiro atoms. The zero-order valence-electron chi connectivity index (χ0n) is 9.89. The van der Waals surface area contributed by atoms with E-state index in [1.54, 1.807) is 0 Å². The molecule has 4 heteroatoms. The van der Waals surface area contributed by atoms with Crippen molar-refractivity contribution in [1.82, 2.24) is 10.6 Å². The van der Waals surface area contributed by atoms with E-state index in [1.807, 2.05) is 0 Å². The summed E-state index contributed by atoms with van der Waals surface area (Å²) >= 11 is 0. The van der Waals surface area contributed by atoms with Gasteiger partial charge in [0.1, 0.15) is 0 Å². The van der Waals surface area contributed by atoms with Gasteiger partial charge in [0.2, 0.25) is 0 Å². The van der Waals surface area contributed by atoms with Gasteiger partial charge in [0.05, 0.1) is 11.7 Å². The van der Waals surface area contributed by atoms with Crippen LogP contribution >= 0.6 is 0 Å². The van der Waals surface area contributed by atoms with Crippen LogP contribution in [0.5, 0.6) is 0 Å². The average Bonchev–Trinajstić information content (AvgIpc) is 2.69. The van der Waals surface area contributed by atoms with Crippen LogP contribution in [0.25, 0.3) is 0 Å². The highest BCUT2D eigenvalue weighted by Crippen LogP contribution is 2.11. The van der Waals surface area contributed by atoms with Gasteiger partial charge >= 0.3 is 0 Å². The van der Waals surface area contributed by atoms with E-state index in [0.717, 1.165) is 38.2 Å². The second-order valence-corrected chi connectivity index (χ2v) is 4.71. The minimum Gasteiger partial charge on any atom is -0.374 e. The highest BCUT2D eigenvalue weighted by atomic mass is 15.0. The van der Waals surface area contributed by atoms with Gasteiger partial charge in [-0.25, -0.2) is 0 Å². The van der Waals surface area contributed by atoms with Gasteiger partial charge in [-0.3, -0.25) is 10.4 Å². The molecule has 2 aliphatic heterocycles. The molecule has 2 aliphatic rings. The third kappa shape index (κ3) is 3.51. The van der Waals surface area contributed by atoms with Gasteiger partial charge in [-0.05, 0) is 25.7 Å². The van der Waals surface area contributed by atoms with Crippen molar-refractivity contribution in [3.05, 3.63) is 0 Å². The zero-order valence-corrected chi connectivity index (χ0v) is 9.89. The summed E-state index contributed by atoms with van der Waals surface area (Å²) in [6, 6.07) is 0.490. The molecule has 1 saturated heterocycles. The largest absolute Gasteiger partial charge is 0.374 e. The molecule has 0 radical (unpaired) electrons. The van der Waals surface area contributed by atoms with Gasteiger partial charge in [0.25, 0.3) is 0 Å². The minimum atomic E-state index is 0.490. The smallest absolute Gasteiger partial charge is 0.0963 e. The third-order valence-electron chi connectivity index (χ3n) is 3.30. The lowest BCUT2D eigenvalue weighted by molar-refractivity contribution is 0.512. The first-order valence-electron chi connectivity index (χ1n) is 6.46. The summed E-state index contributed by atoms with van der Waals surface area (Å²) in [5.74, 6) is 1.91. The Kier molecular flexibility index (Phi) is 4.19. The Morgan fingerprint density at radius 1 is 1.31 bits per heavy atom. The topological polar surface area (TPSA) is 60.3 Å². The van der Waals surface area contributed by atoms with Crippen LogP contribution in [0.1, 0.15) is 44.9 Å². The lowest BCUT2D eigenvalue weighted by Gasteiger charge is -2.17. The Balaban J connectivity index is 1.66. The van der Waals surface area contributed by atoms with Crippen molar-refractivity contribution in [2.75, 3.05) is 13.1 Å².